The summed E-state index contributed by atoms with van der Waals surface area (Å²) in [6.07, 6.45) is 1.90. The van der Waals surface area contributed by atoms with Crippen molar-refractivity contribution < 1.29 is 14.3 Å². The average Bonchev–Trinajstić information content (AvgIpc) is 3.25. The van der Waals surface area contributed by atoms with Crippen LogP contribution < -0.4 is 14.8 Å². The number of rotatable bonds is 6. The highest BCUT2D eigenvalue weighted by Gasteiger charge is 2.13. The van der Waals surface area contributed by atoms with Crippen molar-refractivity contribution in [2.75, 3.05) is 13.3 Å². The quantitative estimate of drug-likeness (QED) is 0.738. The van der Waals surface area contributed by atoms with Crippen molar-refractivity contribution in [2.24, 2.45) is 0 Å². The molecule has 3 aromatic rings. The molecule has 1 aliphatic rings. The number of hydrogen-bond donors (Lipinski definition) is 1. The Morgan fingerprint density at radius 3 is 2.92 bits per heavy atom. The molecular weight excluding hydrogens is 336 g/mol. The minimum atomic E-state index is 0.0544. The molecule has 0 fully saturated rings. The van der Waals surface area contributed by atoms with E-state index in [-0.39, 0.29) is 12.7 Å². The summed E-state index contributed by atoms with van der Waals surface area (Å²) in [7, 11) is 0. The summed E-state index contributed by atoms with van der Waals surface area (Å²) in [6.45, 7) is 0.880. The summed E-state index contributed by atoms with van der Waals surface area (Å²) in [5.41, 5.74) is 2.10. The number of nitrogens with one attached hydrogen (secondary N) is 1. The molecule has 6 heteroatoms. The molecule has 1 aliphatic heterocycles. The van der Waals surface area contributed by atoms with Crippen LogP contribution in [0.25, 0.3) is 10.2 Å². The second kappa shape index (κ2) is 7.11. The first-order chi connectivity index (χ1) is 12.3. The fraction of sp³-hybridized carbons (Fsp3) is 0.263. The van der Waals surface area contributed by atoms with Crippen molar-refractivity contribution >= 4 is 27.5 Å². The molecule has 0 saturated carbocycles. The Labute approximate surface area is 149 Å². The standard InChI is InChI=1S/C19H18N2O3S/c22-18(8-6-13-5-7-15-16(11-13)24-12-23-15)20-10-9-19-21-14-3-1-2-4-17(14)25-19/h1-5,7,11H,6,8-10,12H2,(H,20,22). The first-order valence-corrected chi connectivity index (χ1v) is 9.09. The number of carbonyl (C=O) groups excluding carboxylic acids is 1. The summed E-state index contributed by atoms with van der Waals surface area (Å²) in [4.78, 5) is 16.6. The van der Waals surface area contributed by atoms with Crippen molar-refractivity contribution in [3.8, 4) is 11.5 Å². The number of fused-ring (bicyclic) bond motifs is 2. The summed E-state index contributed by atoms with van der Waals surface area (Å²) < 4.78 is 11.8. The van der Waals surface area contributed by atoms with Gasteiger partial charge in [-0.2, -0.15) is 0 Å². The fourth-order valence-electron chi connectivity index (χ4n) is 2.78. The average molecular weight is 354 g/mol. The number of aromatic nitrogens is 1. The summed E-state index contributed by atoms with van der Waals surface area (Å²) in [5.74, 6) is 1.58. The Kier molecular flexibility index (Phi) is 4.52. The van der Waals surface area contributed by atoms with E-state index in [4.69, 9.17) is 9.47 Å². The SMILES string of the molecule is O=C(CCc1ccc2c(c1)OCO2)NCCc1nc2ccccc2s1. The molecule has 0 radical (unpaired) electrons. The van der Waals surface area contributed by atoms with Gasteiger partial charge in [-0.1, -0.05) is 18.2 Å². The molecule has 0 spiro atoms. The van der Waals surface area contributed by atoms with Gasteiger partial charge in [0.05, 0.1) is 15.2 Å². The van der Waals surface area contributed by atoms with Gasteiger partial charge in [-0.05, 0) is 36.2 Å². The first-order valence-electron chi connectivity index (χ1n) is 8.27. The van der Waals surface area contributed by atoms with Crippen LogP contribution in [0.4, 0.5) is 0 Å². The Bertz CT molecular complexity index is 874. The molecule has 1 N–H and O–H groups in total. The molecule has 4 rings (SSSR count). The Balaban J connectivity index is 1.24. The zero-order valence-corrected chi connectivity index (χ0v) is 14.5. The first kappa shape index (κ1) is 15.9. The van der Waals surface area contributed by atoms with Crippen LogP contribution in [0.2, 0.25) is 0 Å². The normalized spacial score (nSPS) is 12.5. The van der Waals surface area contributed by atoms with E-state index in [2.05, 4.69) is 16.4 Å². The lowest BCUT2D eigenvalue weighted by molar-refractivity contribution is -0.121. The number of nitrogens with zero attached hydrogens (tertiary/aromatic N) is 1. The highest BCUT2D eigenvalue weighted by Crippen LogP contribution is 2.32. The molecule has 2 heterocycles. The van der Waals surface area contributed by atoms with Crippen LogP contribution in [0.5, 0.6) is 11.5 Å². The molecule has 128 valence electrons. The van der Waals surface area contributed by atoms with Gasteiger partial charge in [0.1, 0.15) is 0 Å². The molecule has 1 aromatic heterocycles. The maximum Gasteiger partial charge on any atom is 0.231 e. The number of ether oxygens (including phenoxy) is 2. The number of aryl methyl sites for hydroxylation is 1. The number of thiazole rings is 1. The number of hydrogen-bond acceptors (Lipinski definition) is 5. The highest BCUT2D eigenvalue weighted by atomic mass is 32.1. The number of para-hydroxylation sites is 1. The molecule has 25 heavy (non-hydrogen) atoms. The number of amides is 1. The minimum Gasteiger partial charge on any atom is -0.454 e. The van der Waals surface area contributed by atoms with Gasteiger partial charge in [0, 0.05) is 19.4 Å². The molecular formula is C19H18N2O3S. The minimum absolute atomic E-state index is 0.0544. The van der Waals surface area contributed by atoms with Gasteiger partial charge < -0.3 is 14.8 Å². The molecule has 0 saturated heterocycles. The predicted octanol–water partition coefficient (Wildman–Crippen LogP) is 3.32. The van der Waals surface area contributed by atoms with E-state index in [1.807, 2.05) is 36.4 Å². The molecule has 0 atom stereocenters. The van der Waals surface area contributed by atoms with E-state index in [1.165, 1.54) is 4.70 Å². The lowest BCUT2D eigenvalue weighted by Crippen LogP contribution is -2.25. The molecule has 0 unspecified atom stereocenters. The third-order valence-electron chi connectivity index (χ3n) is 4.08. The summed E-state index contributed by atoms with van der Waals surface area (Å²) >= 11 is 1.68. The van der Waals surface area contributed by atoms with Crippen molar-refractivity contribution in [1.82, 2.24) is 10.3 Å². The van der Waals surface area contributed by atoms with E-state index in [1.54, 1.807) is 11.3 Å². The number of benzene rings is 2. The lowest BCUT2D eigenvalue weighted by Gasteiger charge is -2.05. The van der Waals surface area contributed by atoms with Crippen LogP contribution in [-0.4, -0.2) is 24.2 Å². The van der Waals surface area contributed by atoms with E-state index in [9.17, 15) is 4.79 Å². The van der Waals surface area contributed by atoms with E-state index >= 15 is 0 Å². The zero-order valence-electron chi connectivity index (χ0n) is 13.7. The van der Waals surface area contributed by atoms with Crippen molar-refractivity contribution in [2.45, 2.75) is 19.3 Å². The van der Waals surface area contributed by atoms with Crippen LogP contribution in [0.3, 0.4) is 0 Å². The molecule has 0 aliphatic carbocycles. The van der Waals surface area contributed by atoms with Crippen molar-refractivity contribution in [1.29, 1.82) is 0 Å². The van der Waals surface area contributed by atoms with Gasteiger partial charge in [0.25, 0.3) is 0 Å². The summed E-state index contributed by atoms with van der Waals surface area (Å²) in [5, 5.41) is 4.02. The highest BCUT2D eigenvalue weighted by molar-refractivity contribution is 7.18. The third-order valence-corrected chi connectivity index (χ3v) is 5.17. The Hall–Kier alpha value is -2.60. The topological polar surface area (TPSA) is 60.5 Å². The maximum absolute atomic E-state index is 12.0. The smallest absolute Gasteiger partial charge is 0.231 e. The van der Waals surface area contributed by atoms with Gasteiger partial charge >= 0.3 is 0 Å². The molecule has 1 amide bonds. The number of carbonyl (C=O) groups is 1. The van der Waals surface area contributed by atoms with E-state index in [0.717, 1.165) is 34.0 Å². The second-order valence-electron chi connectivity index (χ2n) is 5.86. The third kappa shape index (κ3) is 3.74. The Morgan fingerprint density at radius 1 is 1.12 bits per heavy atom. The molecule has 0 bridgehead atoms. The van der Waals surface area contributed by atoms with Crippen LogP contribution in [0, 0.1) is 0 Å². The lowest BCUT2D eigenvalue weighted by atomic mass is 10.1. The zero-order chi connectivity index (χ0) is 17.1. The maximum atomic E-state index is 12.0. The fourth-order valence-corrected chi connectivity index (χ4v) is 3.75. The van der Waals surface area contributed by atoms with Crippen LogP contribution in [0.1, 0.15) is 17.0 Å². The van der Waals surface area contributed by atoms with Gasteiger partial charge in [-0.3, -0.25) is 4.79 Å². The van der Waals surface area contributed by atoms with Gasteiger partial charge in [-0.25, -0.2) is 4.98 Å². The second-order valence-corrected chi connectivity index (χ2v) is 6.98. The van der Waals surface area contributed by atoms with Crippen molar-refractivity contribution in [3.05, 3.63) is 53.0 Å². The van der Waals surface area contributed by atoms with Crippen LogP contribution >= 0.6 is 11.3 Å². The van der Waals surface area contributed by atoms with Gasteiger partial charge in [-0.15, -0.1) is 11.3 Å². The van der Waals surface area contributed by atoms with Gasteiger partial charge in [0.15, 0.2) is 11.5 Å². The predicted molar refractivity (Wildman–Crippen MR) is 97.2 cm³/mol. The summed E-state index contributed by atoms with van der Waals surface area (Å²) in [6, 6.07) is 13.9. The van der Waals surface area contributed by atoms with Crippen LogP contribution in [-0.2, 0) is 17.6 Å². The van der Waals surface area contributed by atoms with E-state index in [0.29, 0.717) is 19.4 Å². The van der Waals surface area contributed by atoms with Crippen molar-refractivity contribution in [3.63, 3.8) is 0 Å². The molecule has 5 nitrogen and oxygen atoms in total. The van der Waals surface area contributed by atoms with Crippen LogP contribution in [0.15, 0.2) is 42.5 Å². The Morgan fingerprint density at radius 2 is 2.00 bits per heavy atom. The van der Waals surface area contributed by atoms with Gasteiger partial charge in [0.2, 0.25) is 12.7 Å². The largest absolute Gasteiger partial charge is 0.454 e. The molecule has 2 aromatic carbocycles. The van der Waals surface area contributed by atoms with E-state index < -0.39 is 0 Å². The monoisotopic (exact) mass is 354 g/mol.